The lowest BCUT2D eigenvalue weighted by Crippen LogP contribution is -2.27. The number of carbonyl (C=O) groups is 1. The molecule has 1 aromatic carbocycles. The summed E-state index contributed by atoms with van der Waals surface area (Å²) in [7, 11) is 0. The summed E-state index contributed by atoms with van der Waals surface area (Å²) in [6, 6.07) is 5.25. The summed E-state index contributed by atoms with van der Waals surface area (Å²) in [6.07, 6.45) is 1.80. The summed E-state index contributed by atoms with van der Waals surface area (Å²) in [4.78, 5) is 12.0. The summed E-state index contributed by atoms with van der Waals surface area (Å²) in [6.45, 7) is 2.91. The van der Waals surface area contributed by atoms with Gasteiger partial charge in [0.1, 0.15) is 5.75 Å². The molecule has 3 rings (SSSR count). The molecule has 1 aliphatic heterocycles. The third-order valence-corrected chi connectivity index (χ3v) is 4.21. The predicted molar refractivity (Wildman–Crippen MR) is 96.3 cm³/mol. The Hall–Kier alpha value is -1.67. The largest absolute Gasteiger partial charge is 0.573 e. The van der Waals surface area contributed by atoms with Crippen LogP contribution in [0.5, 0.6) is 5.75 Å². The normalized spacial score (nSPS) is 17.0. The van der Waals surface area contributed by atoms with Crippen LogP contribution in [0.25, 0.3) is 0 Å². The van der Waals surface area contributed by atoms with E-state index in [0.717, 1.165) is 38.4 Å². The number of carbonyl (C=O) groups excluding carboxylic acids is 1. The van der Waals surface area contributed by atoms with E-state index in [4.69, 9.17) is 0 Å². The minimum Gasteiger partial charge on any atom is -0.406 e. The van der Waals surface area contributed by atoms with Crippen molar-refractivity contribution in [1.29, 1.82) is 0 Å². The Morgan fingerprint density at radius 1 is 1.23 bits per heavy atom. The van der Waals surface area contributed by atoms with Crippen LogP contribution in [0.1, 0.15) is 25.7 Å². The first kappa shape index (κ1) is 20.6. The molecule has 2 fully saturated rings. The van der Waals surface area contributed by atoms with Crippen molar-refractivity contribution in [3.63, 3.8) is 0 Å². The second kappa shape index (κ2) is 9.87. The second-order valence-electron chi connectivity index (χ2n) is 6.28. The lowest BCUT2D eigenvalue weighted by atomic mass is 10.1. The Labute approximate surface area is 156 Å². The molecule has 4 nitrogen and oxygen atoms in total. The van der Waals surface area contributed by atoms with Crippen LogP contribution in [0.15, 0.2) is 40.8 Å². The van der Waals surface area contributed by atoms with Crippen molar-refractivity contribution in [3.8, 4) is 5.75 Å². The fraction of sp³-hybridized carbons (Fsp3) is 0.500. The Morgan fingerprint density at radius 2 is 1.85 bits per heavy atom. The van der Waals surface area contributed by atoms with Crippen molar-refractivity contribution >= 4 is 18.5 Å². The standard InChI is InChI=1S/C11H18N2O.C7H5F3OS/c14-11(13-8-10-1-2-10)7-9-3-5-12-6-4-9;8-7(9,10)11-5-1-3-6(12)4-2-5/h7,10,12H,1-6,8H2,(H,13,14);1-4,12H. The number of nitrogens with one attached hydrogen (secondary N) is 2. The van der Waals surface area contributed by atoms with Crippen LogP contribution in [0.3, 0.4) is 0 Å². The Kier molecular flexibility index (Phi) is 7.84. The molecule has 2 aliphatic rings. The first-order valence-electron chi connectivity index (χ1n) is 8.54. The van der Waals surface area contributed by atoms with Crippen LogP contribution in [-0.2, 0) is 4.79 Å². The zero-order valence-electron chi connectivity index (χ0n) is 14.3. The van der Waals surface area contributed by atoms with E-state index >= 15 is 0 Å². The Balaban J connectivity index is 0.000000190. The summed E-state index contributed by atoms with van der Waals surface area (Å²) in [5.41, 5.74) is 1.29. The van der Waals surface area contributed by atoms with Crippen LogP contribution in [0.2, 0.25) is 0 Å². The number of piperidine rings is 1. The molecular formula is C18H23F3N2O2S. The quantitative estimate of drug-likeness (QED) is 0.545. The van der Waals surface area contributed by atoms with E-state index < -0.39 is 6.36 Å². The van der Waals surface area contributed by atoms with Crippen molar-refractivity contribution < 1.29 is 22.7 Å². The maximum absolute atomic E-state index is 11.6. The predicted octanol–water partition coefficient (Wildman–Crippen LogP) is 3.70. The number of rotatable bonds is 4. The van der Waals surface area contributed by atoms with E-state index in [0.29, 0.717) is 4.90 Å². The van der Waals surface area contributed by atoms with Crippen molar-refractivity contribution in [2.45, 2.75) is 36.9 Å². The van der Waals surface area contributed by atoms with E-state index in [1.165, 1.54) is 42.7 Å². The first-order chi connectivity index (χ1) is 12.3. The molecule has 144 valence electrons. The van der Waals surface area contributed by atoms with E-state index in [9.17, 15) is 18.0 Å². The van der Waals surface area contributed by atoms with Gasteiger partial charge >= 0.3 is 6.36 Å². The molecule has 0 aromatic heterocycles. The number of alkyl halides is 3. The maximum atomic E-state index is 11.6. The van der Waals surface area contributed by atoms with Crippen LogP contribution in [0, 0.1) is 5.92 Å². The molecule has 26 heavy (non-hydrogen) atoms. The highest BCUT2D eigenvalue weighted by Crippen LogP contribution is 2.27. The minimum atomic E-state index is -4.63. The van der Waals surface area contributed by atoms with Gasteiger partial charge in [0.05, 0.1) is 0 Å². The molecule has 0 bridgehead atoms. The molecule has 1 amide bonds. The molecule has 2 N–H and O–H groups in total. The average molecular weight is 388 g/mol. The fourth-order valence-electron chi connectivity index (χ4n) is 2.34. The molecule has 1 aliphatic carbocycles. The SMILES string of the molecule is FC(F)(F)Oc1ccc(S)cc1.O=C(C=C1CCNCC1)NCC1CC1. The number of halogens is 3. The number of hydrogen-bond donors (Lipinski definition) is 3. The van der Waals surface area contributed by atoms with E-state index in [-0.39, 0.29) is 11.7 Å². The minimum absolute atomic E-state index is 0.105. The molecule has 0 atom stereocenters. The van der Waals surface area contributed by atoms with Gasteiger partial charge < -0.3 is 15.4 Å². The molecular weight excluding hydrogens is 365 g/mol. The van der Waals surface area contributed by atoms with Crippen molar-refractivity contribution in [2.75, 3.05) is 19.6 Å². The molecule has 0 radical (unpaired) electrons. The van der Waals surface area contributed by atoms with Gasteiger partial charge in [-0.15, -0.1) is 25.8 Å². The van der Waals surface area contributed by atoms with Gasteiger partial charge in [-0.3, -0.25) is 4.79 Å². The highest BCUT2D eigenvalue weighted by Gasteiger charge is 2.30. The van der Waals surface area contributed by atoms with E-state index in [2.05, 4.69) is 28.0 Å². The highest BCUT2D eigenvalue weighted by molar-refractivity contribution is 7.80. The van der Waals surface area contributed by atoms with Gasteiger partial charge in [0, 0.05) is 17.5 Å². The van der Waals surface area contributed by atoms with E-state index in [1.54, 1.807) is 6.08 Å². The summed E-state index contributed by atoms with van der Waals surface area (Å²) in [5, 5.41) is 6.23. The Bertz CT molecular complexity index is 606. The zero-order chi connectivity index (χ0) is 19.0. The lowest BCUT2D eigenvalue weighted by Gasteiger charge is -2.14. The molecule has 8 heteroatoms. The van der Waals surface area contributed by atoms with Gasteiger partial charge in [-0.1, -0.05) is 5.57 Å². The van der Waals surface area contributed by atoms with Gasteiger partial charge in [-0.25, -0.2) is 0 Å². The highest BCUT2D eigenvalue weighted by atomic mass is 32.1. The lowest BCUT2D eigenvalue weighted by molar-refractivity contribution is -0.274. The van der Waals surface area contributed by atoms with Gasteiger partial charge in [-0.2, -0.15) is 0 Å². The summed E-state index contributed by atoms with van der Waals surface area (Å²) in [5.74, 6) is 0.638. The number of amides is 1. The fourth-order valence-corrected chi connectivity index (χ4v) is 2.49. The zero-order valence-corrected chi connectivity index (χ0v) is 15.2. The van der Waals surface area contributed by atoms with Gasteiger partial charge in [-0.05, 0) is 69.0 Å². The monoisotopic (exact) mass is 388 g/mol. The summed E-state index contributed by atoms with van der Waals surface area (Å²) >= 11 is 3.91. The van der Waals surface area contributed by atoms with E-state index in [1.807, 2.05) is 0 Å². The van der Waals surface area contributed by atoms with Gasteiger partial charge in [0.25, 0.3) is 0 Å². The average Bonchev–Trinajstić information content (AvgIpc) is 3.40. The molecule has 1 saturated heterocycles. The third kappa shape index (κ3) is 9.15. The molecule has 1 aromatic rings. The second-order valence-corrected chi connectivity index (χ2v) is 6.80. The van der Waals surface area contributed by atoms with Crippen LogP contribution >= 0.6 is 12.6 Å². The van der Waals surface area contributed by atoms with Gasteiger partial charge in [0.2, 0.25) is 5.91 Å². The van der Waals surface area contributed by atoms with Crippen molar-refractivity contribution in [3.05, 3.63) is 35.9 Å². The number of hydrogen-bond acceptors (Lipinski definition) is 4. The number of benzene rings is 1. The summed E-state index contributed by atoms with van der Waals surface area (Å²) < 4.78 is 38.4. The number of ether oxygens (including phenoxy) is 1. The number of thiol groups is 1. The molecule has 0 spiro atoms. The smallest absolute Gasteiger partial charge is 0.406 e. The third-order valence-electron chi connectivity index (χ3n) is 3.91. The Morgan fingerprint density at radius 3 is 2.38 bits per heavy atom. The van der Waals surface area contributed by atoms with Crippen LogP contribution in [-0.4, -0.2) is 31.9 Å². The van der Waals surface area contributed by atoms with Crippen molar-refractivity contribution in [2.24, 2.45) is 5.92 Å². The van der Waals surface area contributed by atoms with Gasteiger partial charge in [0.15, 0.2) is 0 Å². The molecule has 0 unspecified atom stereocenters. The first-order valence-corrected chi connectivity index (χ1v) is 8.99. The molecule has 1 saturated carbocycles. The molecule has 1 heterocycles. The maximum Gasteiger partial charge on any atom is 0.573 e. The van der Waals surface area contributed by atoms with Crippen LogP contribution < -0.4 is 15.4 Å². The topological polar surface area (TPSA) is 50.4 Å². The van der Waals surface area contributed by atoms with Crippen LogP contribution in [0.4, 0.5) is 13.2 Å². The van der Waals surface area contributed by atoms with Crippen molar-refractivity contribution in [1.82, 2.24) is 10.6 Å².